The van der Waals surface area contributed by atoms with Crippen molar-refractivity contribution >= 4 is 28.5 Å². The van der Waals surface area contributed by atoms with Crippen LogP contribution in [-0.2, 0) is 24.9 Å². The van der Waals surface area contributed by atoms with Gasteiger partial charge in [0, 0.05) is 23.8 Å². The van der Waals surface area contributed by atoms with Gasteiger partial charge in [-0.25, -0.2) is 14.8 Å². The summed E-state index contributed by atoms with van der Waals surface area (Å²) in [7, 11) is 1.49. The molecule has 0 radical (unpaired) electrons. The first kappa shape index (κ1) is 19.6. The molecule has 3 heterocycles. The summed E-state index contributed by atoms with van der Waals surface area (Å²) in [6.07, 6.45) is 2.84. The van der Waals surface area contributed by atoms with Gasteiger partial charge in [0.25, 0.3) is 5.56 Å². The molecule has 0 bridgehead atoms. The minimum atomic E-state index is -0.651. The maximum atomic E-state index is 12.8. The van der Waals surface area contributed by atoms with E-state index in [1.54, 1.807) is 36.4 Å². The molecular formula is C20H16ClN5O4. The van der Waals surface area contributed by atoms with Crippen molar-refractivity contribution in [1.29, 1.82) is 0 Å². The van der Waals surface area contributed by atoms with Crippen LogP contribution in [0.25, 0.3) is 22.4 Å². The molecule has 1 N–H and O–H groups in total. The zero-order valence-electron chi connectivity index (χ0n) is 15.8. The number of amides is 1. The van der Waals surface area contributed by atoms with Crippen LogP contribution < -0.4 is 16.6 Å². The van der Waals surface area contributed by atoms with Gasteiger partial charge < -0.3 is 9.73 Å². The van der Waals surface area contributed by atoms with Crippen LogP contribution in [0.3, 0.4) is 0 Å². The quantitative estimate of drug-likeness (QED) is 0.521. The van der Waals surface area contributed by atoms with Crippen molar-refractivity contribution in [2.75, 3.05) is 0 Å². The van der Waals surface area contributed by atoms with E-state index < -0.39 is 23.7 Å². The van der Waals surface area contributed by atoms with Crippen molar-refractivity contribution in [1.82, 2.24) is 24.4 Å². The van der Waals surface area contributed by atoms with Gasteiger partial charge in [-0.1, -0.05) is 11.6 Å². The molecule has 3 aromatic heterocycles. The van der Waals surface area contributed by atoms with Gasteiger partial charge in [-0.05, 0) is 36.4 Å². The predicted molar refractivity (Wildman–Crippen MR) is 110 cm³/mol. The van der Waals surface area contributed by atoms with Crippen LogP contribution in [0.5, 0.6) is 0 Å². The summed E-state index contributed by atoms with van der Waals surface area (Å²) in [5.41, 5.74) is -0.419. The van der Waals surface area contributed by atoms with Crippen molar-refractivity contribution in [2.45, 2.75) is 13.1 Å². The number of hydrogen-bond acceptors (Lipinski definition) is 6. The summed E-state index contributed by atoms with van der Waals surface area (Å²) in [4.78, 5) is 46.4. The first-order valence-electron chi connectivity index (χ1n) is 8.95. The van der Waals surface area contributed by atoms with E-state index in [9.17, 15) is 14.4 Å². The normalized spacial score (nSPS) is 11.0. The second kappa shape index (κ2) is 7.96. The maximum Gasteiger partial charge on any atom is 0.332 e. The maximum absolute atomic E-state index is 12.8. The molecule has 4 aromatic rings. The van der Waals surface area contributed by atoms with Gasteiger partial charge in [0.2, 0.25) is 5.91 Å². The molecule has 0 aliphatic rings. The minimum absolute atomic E-state index is 0.133. The second-order valence-corrected chi connectivity index (χ2v) is 6.96. The molecule has 0 saturated carbocycles. The van der Waals surface area contributed by atoms with Crippen LogP contribution in [0.15, 0.2) is 62.9 Å². The Morgan fingerprint density at radius 2 is 1.97 bits per heavy atom. The molecule has 0 saturated heterocycles. The predicted octanol–water partition coefficient (Wildman–Crippen LogP) is 1.72. The van der Waals surface area contributed by atoms with Crippen LogP contribution in [-0.4, -0.2) is 25.0 Å². The Hall–Kier alpha value is -3.72. The fourth-order valence-corrected chi connectivity index (χ4v) is 3.09. The zero-order chi connectivity index (χ0) is 21.3. The molecule has 0 aliphatic carbocycles. The van der Waals surface area contributed by atoms with E-state index in [0.717, 1.165) is 4.57 Å². The second-order valence-electron chi connectivity index (χ2n) is 6.53. The molecule has 9 nitrogen and oxygen atoms in total. The number of furan rings is 1. The Bertz CT molecular complexity index is 1340. The third-order valence-corrected chi connectivity index (χ3v) is 4.78. The monoisotopic (exact) mass is 425 g/mol. The third-order valence-electron chi connectivity index (χ3n) is 4.52. The number of halogens is 1. The lowest BCUT2D eigenvalue weighted by Gasteiger charge is -2.11. The summed E-state index contributed by atoms with van der Waals surface area (Å²) in [5.74, 6) is 0.413. The number of carbonyl (C=O) groups excluding carboxylic acids is 1. The molecule has 4 rings (SSSR count). The largest absolute Gasteiger partial charge is 0.467 e. The highest BCUT2D eigenvalue weighted by atomic mass is 35.5. The van der Waals surface area contributed by atoms with Crippen molar-refractivity contribution in [3.63, 3.8) is 0 Å². The first-order valence-corrected chi connectivity index (χ1v) is 9.33. The molecule has 152 valence electrons. The highest BCUT2D eigenvalue weighted by Crippen LogP contribution is 2.19. The van der Waals surface area contributed by atoms with E-state index >= 15 is 0 Å². The molecule has 0 unspecified atom stereocenters. The Labute approximate surface area is 174 Å². The number of fused-ring (bicyclic) bond motifs is 1. The molecule has 0 fully saturated rings. The van der Waals surface area contributed by atoms with E-state index in [4.69, 9.17) is 16.0 Å². The van der Waals surface area contributed by atoms with Gasteiger partial charge in [-0.2, -0.15) is 0 Å². The summed E-state index contributed by atoms with van der Waals surface area (Å²) >= 11 is 5.90. The number of benzene rings is 1. The van der Waals surface area contributed by atoms with Crippen molar-refractivity contribution in [3.05, 3.63) is 80.5 Å². The van der Waals surface area contributed by atoms with E-state index in [1.807, 2.05) is 0 Å². The number of aromatic nitrogens is 4. The summed E-state index contributed by atoms with van der Waals surface area (Å²) in [6, 6.07) is 10.3. The van der Waals surface area contributed by atoms with Gasteiger partial charge in [0.1, 0.15) is 17.7 Å². The molecule has 10 heteroatoms. The highest BCUT2D eigenvalue weighted by Gasteiger charge is 2.16. The summed E-state index contributed by atoms with van der Waals surface area (Å²) in [6.45, 7) is -0.275. The standard InChI is InChI=1S/C20H16ClN5O4/c1-25-18-15(10-23-17(24-18)12-4-6-13(21)7-5-12)19(28)26(20(25)29)11-16(27)22-9-14-3-2-8-30-14/h2-8,10H,9,11H2,1H3,(H,22,27). The zero-order valence-corrected chi connectivity index (χ0v) is 16.6. The van der Waals surface area contributed by atoms with Crippen LogP contribution in [0.4, 0.5) is 0 Å². The van der Waals surface area contributed by atoms with Gasteiger partial charge in [-0.15, -0.1) is 0 Å². The molecule has 1 amide bonds. The first-order chi connectivity index (χ1) is 14.4. The summed E-state index contributed by atoms with van der Waals surface area (Å²) < 4.78 is 7.21. The van der Waals surface area contributed by atoms with E-state index in [-0.39, 0.29) is 17.6 Å². The van der Waals surface area contributed by atoms with Gasteiger partial charge >= 0.3 is 5.69 Å². The van der Waals surface area contributed by atoms with Crippen LogP contribution >= 0.6 is 11.6 Å². The van der Waals surface area contributed by atoms with Crippen LogP contribution in [0.1, 0.15) is 5.76 Å². The van der Waals surface area contributed by atoms with Crippen molar-refractivity contribution < 1.29 is 9.21 Å². The number of hydrogen-bond donors (Lipinski definition) is 1. The van der Waals surface area contributed by atoms with Crippen molar-refractivity contribution in [2.24, 2.45) is 7.05 Å². The van der Waals surface area contributed by atoms with Crippen molar-refractivity contribution in [3.8, 4) is 11.4 Å². The topological polar surface area (TPSA) is 112 Å². The Morgan fingerprint density at radius 1 is 1.20 bits per heavy atom. The number of aryl methyl sites for hydroxylation is 1. The smallest absolute Gasteiger partial charge is 0.332 e. The molecular weight excluding hydrogens is 410 g/mol. The van der Waals surface area contributed by atoms with Gasteiger partial charge in [0.15, 0.2) is 11.5 Å². The molecule has 0 atom stereocenters. The van der Waals surface area contributed by atoms with Gasteiger partial charge in [-0.3, -0.25) is 18.7 Å². The minimum Gasteiger partial charge on any atom is -0.467 e. The average molecular weight is 426 g/mol. The number of nitrogens with zero attached hydrogens (tertiary/aromatic N) is 4. The van der Waals surface area contributed by atoms with Gasteiger partial charge in [0.05, 0.1) is 12.8 Å². The SMILES string of the molecule is Cn1c(=O)n(CC(=O)NCc2ccco2)c(=O)c2cnc(-c3ccc(Cl)cc3)nc21. The number of nitrogens with one attached hydrogen (secondary N) is 1. The fourth-order valence-electron chi connectivity index (χ4n) is 2.96. The van der Waals surface area contributed by atoms with E-state index in [0.29, 0.717) is 22.2 Å². The van der Waals surface area contributed by atoms with Crippen LogP contribution in [0, 0.1) is 0 Å². The molecule has 0 aliphatic heterocycles. The lowest BCUT2D eigenvalue weighted by molar-refractivity contribution is -0.122. The molecule has 30 heavy (non-hydrogen) atoms. The molecule has 1 aromatic carbocycles. The lowest BCUT2D eigenvalue weighted by atomic mass is 10.2. The Balaban J connectivity index is 1.67. The van der Waals surface area contributed by atoms with Crippen LogP contribution in [0.2, 0.25) is 5.02 Å². The number of rotatable bonds is 5. The Kier molecular flexibility index (Phi) is 5.20. The summed E-state index contributed by atoms with van der Waals surface area (Å²) in [5, 5.41) is 3.31. The lowest BCUT2D eigenvalue weighted by Crippen LogP contribution is -2.43. The highest BCUT2D eigenvalue weighted by molar-refractivity contribution is 6.30. The Morgan fingerprint density at radius 3 is 2.67 bits per heavy atom. The third kappa shape index (κ3) is 3.74. The van der Waals surface area contributed by atoms with E-state index in [2.05, 4.69) is 15.3 Å². The average Bonchev–Trinajstić information content (AvgIpc) is 3.27. The number of carbonyl (C=O) groups is 1. The van der Waals surface area contributed by atoms with E-state index in [1.165, 1.54) is 24.1 Å². The fraction of sp³-hybridized carbons (Fsp3) is 0.150. The molecule has 0 spiro atoms.